The van der Waals surface area contributed by atoms with E-state index in [0.717, 1.165) is 6.42 Å². The van der Waals surface area contributed by atoms with Crippen LogP contribution < -0.4 is 27.8 Å². The fourth-order valence-electron chi connectivity index (χ4n) is 1.55. The minimum absolute atomic E-state index is 0.000937. The van der Waals surface area contributed by atoms with Crippen LogP contribution in [-0.2, 0) is 14.4 Å². The van der Waals surface area contributed by atoms with Crippen molar-refractivity contribution in [2.75, 3.05) is 13.7 Å². The van der Waals surface area contributed by atoms with E-state index in [1.165, 1.54) is 7.05 Å². The molecule has 0 saturated heterocycles. The summed E-state index contributed by atoms with van der Waals surface area (Å²) in [6.07, 6.45) is 0.977. The molecule has 9 heteroatoms. The van der Waals surface area contributed by atoms with Gasteiger partial charge in [-0.1, -0.05) is 20.3 Å². The molecule has 2 amide bonds. The van der Waals surface area contributed by atoms with Crippen LogP contribution in [0.2, 0.25) is 0 Å². The van der Waals surface area contributed by atoms with E-state index in [1.54, 1.807) is 0 Å². The van der Waals surface area contributed by atoms with Crippen LogP contribution in [0.3, 0.4) is 0 Å². The summed E-state index contributed by atoms with van der Waals surface area (Å²) in [5.74, 6) is -0.873. The molecule has 122 valence electrons. The van der Waals surface area contributed by atoms with Crippen LogP contribution in [0.1, 0.15) is 26.7 Å². The first kappa shape index (κ1) is 19.0. The number of amides is 2. The molecular formula is C12H26N6O3. The number of likely N-dealkylation sites (N-methyl/N-ethyl adjacent to an activating group) is 1. The third kappa shape index (κ3) is 7.35. The minimum atomic E-state index is -0.810. The topological polar surface area (TPSA) is 158 Å². The molecule has 0 saturated carbocycles. The summed E-state index contributed by atoms with van der Waals surface area (Å²) >= 11 is 0. The number of guanidine groups is 1. The summed E-state index contributed by atoms with van der Waals surface area (Å²) in [5, 5.41) is 8.50. The molecule has 0 unspecified atom stereocenters. The Balaban J connectivity index is 4.40. The third-order valence-electron chi connectivity index (χ3n) is 3.07. The monoisotopic (exact) mass is 302 g/mol. The van der Waals surface area contributed by atoms with E-state index in [0.29, 0.717) is 0 Å². The number of oxime groups is 1. The van der Waals surface area contributed by atoms with Gasteiger partial charge in [0.05, 0.1) is 6.04 Å². The Morgan fingerprint density at radius 2 is 1.90 bits per heavy atom. The van der Waals surface area contributed by atoms with Gasteiger partial charge in [0.15, 0.2) is 0 Å². The number of hydrogen-bond acceptors (Lipinski definition) is 5. The molecule has 0 aromatic heterocycles. The van der Waals surface area contributed by atoms with E-state index < -0.39 is 18.0 Å². The van der Waals surface area contributed by atoms with Gasteiger partial charge in [-0.2, -0.15) is 0 Å². The lowest BCUT2D eigenvalue weighted by molar-refractivity contribution is -0.130. The van der Waals surface area contributed by atoms with Gasteiger partial charge in [0.1, 0.15) is 12.6 Å². The molecular weight excluding hydrogens is 276 g/mol. The van der Waals surface area contributed by atoms with Gasteiger partial charge in [0.25, 0.3) is 0 Å². The molecule has 0 aromatic rings. The van der Waals surface area contributed by atoms with Gasteiger partial charge in [0, 0.05) is 13.5 Å². The molecule has 0 aliphatic rings. The van der Waals surface area contributed by atoms with E-state index >= 15 is 0 Å². The molecule has 8 N–H and O–H groups in total. The van der Waals surface area contributed by atoms with Crippen molar-refractivity contribution in [1.82, 2.24) is 10.6 Å². The number of rotatable bonds is 9. The maximum atomic E-state index is 12.0. The zero-order valence-electron chi connectivity index (χ0n) is 12.8. The molecule has 21 heavy (non-hydrogen) atoms. The maximum Gasteiger partial charge on any atom is 0.242 e. The van der Waals surface area contributed by atoms with Gasteiger partial charge in [-0.15, -0.1) is 0 Å². The molecule has 0 fully saturated rings. The van der Waals surface area contributed by atoms with Gasteiger partial charge in [-0.25, -0.2) is 0 Å². The van der Waals surface area contributed by atoms with Crippen LogP contribution >= 0.6 is 0 Å². The van der Waals surface area contributed by atoms with E-state index in [1.807, 2.05) is 13.8 Å². The number of hydrogen-bond donors (Lipinski definition) is 5. The zero-order chi connectivity index (χ0) is 16.4. The predicted octanol–water partition coefficient (Wildman–Crippen LogP) is -1.81. The highest BCUT2D eigenvalue weighted by Gasteiger charge is 2.26. The first-order valence-corrected chi connectivity index (χ1v) is 6.81. The smallest absolute Gasteiger partial charge is 0.242 e. The summed E-state index contributed by atoms with van der Waals surface area (Å²) < 4.78 is 0. The summed E-state index contributed by atoms with van der Waals surface area (Å²) in [5.41, 5.74) is 15.9. The van der Waals surface area contributed by atoms with Crippen molar-refractivity contribution in [3.8, 4) is 0 Å². The third-order valence-corrected chi connectivity index (χ3v) is 3.07. The summed E-state index contributed by atoms with van der Waals surface area (Å²) in [7, 11) is 1.52. The largest absolute Gasteiger partial charge is 0.393 e. The molecule has 0 spiro atoms. The lowest BCUT2D eigenvalue weighted by Gasteiger charge is -2.24. The molecule has 0 bridgehead atoms. The minimum Gasteiger partial charge on any atom is -0.393 e. The summed E-state index contributed by atoms with van der Waals surface area (Å²) in [6.45, 7) is 3.92. The molecule has 0 aliphatic carbocycles. The number of nitrogens with one attached hydrogen (secondary N) is 2. The van der Waals surface area contributed by atoms with Crippen LogP contribution in [0.5, 0.6) is 0 Å². The molecule has 0 aromatic carbocycles. The maximum absolute atomic E-state index is 12.0. The Bertz CT molecular complexity index is 370. The first-order valence-electron chi connectivity index (χ1n) is 6.81. The molecule has 0 radical (unpaired) electrons. The van der Waals surface area contributed by atoms with Crippen LogP contribution in [-0.4, -0.2) is 43.5 Å². The van der Waals surface area contributed by atoms with Crippen molar-refractivity contribution in [2.24, 2.45) is 28.3 Å². The van der Waals surface area contributed by atoms with Gasteiger partial charge in [-0.05, 0) is 11.1 Å². The fourth-order valence-corrected chi connectivity index (χ4v) is 1.55. The molecule has 3 atom stereocenters. The van der Waals surface area contributed by atoms with Crippen LogP contribution in [0.25, 0.3) is 0 Å². The number of nitrogens with two attached hydrogens (primary N) is 3. The standard InChI is InChI=1S/C12H26N6O3/c1-4-7(2)9(11(20)16-3)17-10(19)8(13)5-6-21-18-12(14)15/h7-9H,4-6,13H2,1-3H3,(H,16,20)(H,17,19)(H4,14,15,18)/t7-,8-,9-/m0/s1. The number of carbonyl (C=O) groups excluding carboxylic acids is 2. The average molecular weight is 302 g/mol. The van der Waals surface area contributed by atoms with E-state index in [2.05, 4.69) is 15.8 Å². The van der Waals surface area contributed by atoms with E-state index in [-0.39, 0.29) is 30.8 Å². The Kier molecular flexibility index (Phi) is 8.86. The van der Waals surface area contributed by atoms with Gasteiger partial charge in [0.2, 0.25) is 17.8 Å². The predicted molar refractivity (Wildman–Crippen MR) is 79.8 cm³/mol. The summed E-state index contributed by atoms with van der Waals surface area (Å²) in [4.78, 5) is 28.5. The van der Waals surface area contributed by atoms with Crippen LogP contribution in [0.4, 0.5) is 0 Å². The van der Waals surface area contributed by atoms with Crippen molar-refractivity contribution in [2.45, 2.75) is 38.8 Å². The Labute approximate surface area is 124 Å². The fraction of sp³-hybridized carbons (Fsp3) is 0.750. The highest BCUT2D eigenvalue weighted by Crippen LogP contribution is 2.08. The molecule has 0 aliphatic heterocycles. The highest BCUT2D eigenvalue weighted by atomic mass is 16.6. The quantitative estimate of drug-likeness (QED) is 0.146. The second-order valence-corrected chi connectivity index (χ2v) is 4.73. The Morgan fingerprint density at radius 1 is 1.29 bits per heavy atom. The molecule has 9 nitrogen and oxygen atoms in total. The Morgan fingerprint density at radius 3 is 2.38 bits per heavy atom. The SMILES string of the molecule is CC[C@H](C)[C@H](NC(=O)[C@@H](N)CCON=C(N)N)C(=O)NC. The van der Waals surface area contributed by atoms with Crippen molar-refractivity contribution < 1.29 is 14.4 Å². The zero-order valence-corrected chi connectivity index (χ0v) is 12.8. The second-order valence-electron chi connectivity index (χ2n) is 4.73. The van der Waals surface area contributed by atoms with E-state index in [4.69, 9.17) is 22.0 Å². The van der Waals surface area contributed by atoms with Crippen LogP contribution in [0.15, 0.2) is 5.16 Å². The number of nitrogens with zero attached hydrogens (tertiary/aromatic N) is 1. The second kappa shape index (κ2) is 9.81. The lowest BCUT2D eigenvalue weighted by atomic mass is 9.98. The Hall–Kier alpha value is -2.03. The van der Waals surface area contributed by atoms with Crippen molar-refractivity contribution in [3.63, 3.8) is 0 Å². The highest BCUT2D eigenvalue weighted by molar-refractivity contribution is 5.89. The van der Waals surface area contributed by atoms with Crippen molar-refractivity contribution >= 4 is 17.8 Å². The lowest BCUT2D eigenvalue weighted by Crippen LogP contribution is -2.53. The average Bonchev–Trinajstić information content (AvgIpc) is 2.46. The molecule has 0 rings (SSSR count). The van der Waals surface area contributed by atoms with Gasteiger partial charge < -0.3 is 32.7 Å². The van der Waals surface area contributed by atoms with Crippen molar-refractivity contribution in [3.05, 3.63) is 0 Å². The van der Waals surface area contributed by atoms with E-state index in [9.17, 15) is 9.59 Å². The molecule has 0 heterocycles. The first-order chi connectivity index (χ1) is 9.83. The normalized spacial score (nSPS) is 14.5. The summed E-state index contributed by atoms with van der Waals surface area (Å²) in [6, 6.07) is -1.42. The van der Waals surface area contributed by atoms with Gasteiger partial charge >= 0.3 is 0 Å². The van der Waals surface area contributed by atoms with Crippen molar-refractivity contribution in [1.29, 1.82) is 0 Å². The number of carbonyl (C=O) groups is 2. The van der Waals surface area contributed by atoms with Gasteiger partial charge in [-0.3, -0.25) is 9.59 Å². The van der Waals surface area contributed by atoms with Crippen LogP contribution in [0, 0.1) is 5.92 Å².